The maximum absolute atomic E-state index is 6.83. The Labute approximate surface area is 469 Å². The highest BCUT2D eigenvalue weighted by atomic mass is 16.5. The van der Waals surface area contributed by atoms with E-state index in [1.54, 1.807) is 0 Å². The Morgan fingerprint density at radius 3 is 1.62 bits per heavy atom. The molecule has 81 heavy (non-hydrogen) atoms. The Hall–Kier alpha value is -10.2. The van der Waals surface area contributed by atoms with Gasteiger partial charge in [0.1, 0.15) is 17.3 Å². The molecule has 384 valence electrons. The number of ether oxygens (including phenoxy) is 1. The van der Waals surface area contributed by atoms with Gasteiger partial charge in [-0.25, -0.2) is 4.98 Å². The van der Waals surface area contributed by atoms with E-state index < -0.39 is 5.41 Å². The van der Waals surface area contributed by atoms with Crippen molar-refractivity contribution in [1.82, 2.24) is 14.5 Å². The molecule has 2 aliphatic rings. The molecular weight excluding hydrogens is 985 g/mol. The summed E-state index contributed by atoms with van der Waals surface area (Å²) in [5.41, 5.74) is 19.4. The Kier molecular flexibility index (Phi) is 10.3. The molecule has 0 radical (unpaired) electrons. The van der Waals surface area contributed by atoms with Gasteiger partial charge in [-0.2, -0.15) is 0 Å². The third kappa shape index (κ3) is 7.15. The van der Waals surface area contributed by atoms with Gasteiger partial charge >= 0.3 is 0 Å². The number of hydrogen-bond acceptors (Lipinski definition) is 3. The average Bonchev–Trinajstić information content (AvgIpc) is 3.92. The van der Waals surface area contributed by atoms with Gasteiger partial charge in [-0.3, -0.25) is 4.57 Å². The minimum absolute atomic E-state index is 0.0290. The summed E-state index contributed by atoms with van der Waals surface area (Å²) in [5, 5.41) is 13.1. The first-order chi connectivity index (χ1) is 39.8. The number of nitrogens with one attached hydrogen (secondary N) is 2. The number of fused-ring (bicyclic) bond motifs is 20. The predicted octanol–water partition coefficient (Wildman–Crippen LogP) is 20.1. The van der Waals surface area contributed by atoms with Crippen LogP contribution in [-0.4, -0.2) is 14.5 Å². The number of pyridine rings is 1. The van der Waals surface area contributed by atoms with E-state index in [1.165, 1.54) is 71.6 Å². The Balaban J connectivity index is 0.866. The lowest BCUT2D eigenvalue weighted by molar-refractivity contribution is 0.483. The molecule has 0 unspecified atom stereocenters. The SMILES string of the molecule is CC(C)(C)c1ccnc(-n2c3ccccc3c3ccc(Oc4cccc(Nc5cccc6c5[nH]c5c(-c7ccc8c(c7)C7(c9ccccc9-c9ccccc97)c7ccccc7-8)cccc5c5ccccc5c5ccccc65)c4)cc32)c1. The van der Waals surface area contributed by atoms with Crippen LogP contribution in [0.25, 0.3) is 104 Å². The van der Waals surface area contributed by atoms with Crippen molar-refractivity contribution in [3.8, 4) is 50.7 Å². The van der Waals surface area contributed by atoms with E-state index in [-0.39, 0.29) is 5.41 Å². The van der Waals surface area contributed by atoms with E-state index in [0.29, 0.717) is 0 Å². The maximum atomic E-state index is 6.83. The first-order valence-electron chi connectivity index (χ1n) is 28.0. The maximum Gasteiger partial charge on any atom is 0.137 e. The molecule has 0 amide bonds. The van der Waals surface area contributed by atoms with E-state index in [9.17, 15) is 0 Å². The Morgan fingerprint density at radius 1 is 0.407 bits per heavy atom. The van der Waals surface area contributed by atoms with E-state index in [0.717, 1.165) is 83.4 Å². The van der Waals surface area contributed by atoms with Crippen molar-refractivity contribution in [3.05, 3.63) is 289 Å². The lowest BCUT2D eigenvalue weighted by Crippen LogP contribution is -2.25. The van der Waals surface area contributed by atoms with Crippen molar-refractivity contribution in [2.45, 2.75) is 31.6 Å². The first-order valence-corrected chi connectivity index (χ1v) is 28.0. The molecule has 3 heterocycles. The van der Waals surface area contributed by atoms with Crippen molar-refractivity contribution >= 4 is 76.5 Å². The number of aromatic nitrogens is 3. The molecule has 0 fully saturated rings. The zero-order valence-corrected chi connectivity index (χ0v) is 45.1. The van der Waals surface area contributed by atoms with E-state index in [1.807, 2.05) is 12.3 Å². The summed E-state index contributed by atoms with van der Waals surface area (Å²) in [6.07, 6.45) is 1.92. The number of aromatic amines is 1. The molecule has 0 atom stereocenters. The van der Waals surface area contributed by atoms with Gasteiger partial charge in [0.15, 0.2) is 0 Å². The quantitative estimate of drug-likeness (QED) is 0.174. The Bertz CT molecular complexity index is 4950. The van der Waals surface area contributed by atoms with Crippen molar-refractivity contribution in [1.29, 1.82) is 0 Å². The largest absolute Gasteiger partial charge is 0.457 e. The van der Waals surface area contributed by atoms with Crippen LogP contribution in [0, 0.1) is 0 Å². The second-order valence-electron chi connectivity index (χ2n) is 22.8. The van der Waals surface area contributed by atoms with Gasteiger partial charge in [-0.15, -0.1) is 0 Å². The number of benzene rings is 11. The molecule has 3 aromatic heterocycles. The van der Waals surface area contributed by atoms with Gasteiger partial charge in [0.05, 0.1) is 33.2 Å². The number of anilines is 2. The van der Waals surface area contributed by atoms with Gasteiger partial charge < -0.3 is 15.0 Å². The molecule has 11 aromatic carbocycles. The normalized spacial score (nSPS) is 13.0. The topological polar surface area (TPSA) is 54.9 Å². The third-order valence-electron chi connectivity index (χ3n) is 17.2. The molecular formula is C76H54N4O. The fourth-order valence-electron chi connectivity index (χ4n) is 13.7. The smallest absolute Gasteiger partial charge is 0.137 e. The summed E-state index contributed by atoms with van der Waals surface area (Å²) >= 11 is 0. The summed E-state index contributed by atoms with van der Waals surface area (Å²) in [6, 6.07) is 92.9. The average molecular weight is 1040 g/mol. The third-order valence-corrected chi connectivity index (χ3v) is 17.2. The molecule has 16 rings (SSSR count). The summed E-state index contributed by atoms with van der Waals surface area (Å²) in [6.45, 7) is 6.72. The molecule has 0 bridgehead atoms. The number of rotatable bonds is 6. The minimum atomic E-state index is -0.470. The fourth-order valence-corrected chi connectivity index (χ4v) is 13.7. The first kappa shape index (κ1) is 46.8. The minimum Gasteiger partial charge on any atom is -0.457 e. The van der Waals surface area contributed by atoms with Crippen LogP contribution in [0.4, 0.5) is 11.4 Å². The van der Waals surface area contributed by atoms with Gasteiger partial charge in [-0.05, 0) is 137 Å². The second kappa shape index (κ2) is 17.9. The molecule has 1 spiro atoms. The van der Waals surface area contributed by atoms with Crippen LogP contribution >= 0.6 is 0 Å². The van der Waals surface area contributed by atoms with Crippen LogP contribution < -0.4 is 10.1 Å². The highest BCUT2D eigenvalue weighted by molar-refractivity contribution is 6.21. The highest BCUT2D eigenvalue weighted by Crippen LogP contribution is 2.63. The number of nitrogens with zero attached hydrogens (tertiary/aromatic N) is 2. The Morgan fingerprint density at radius 2 is 0.938 bits per heavy atom. The van der Waals surface area contributed by atoms with Gasteiger partial charge in [-0.1, -0.05) is 209 Å². The molecule has 2 aliphatic carbocycles. The van der Waals surface area contributed by atoms with Crippen LogP contribution in [0.2, 0.25) is 0 Å². The monoisotopic (exact) mass is 1040 g/mol. The number of para-hydroxylation sites is 3. The molecule has 0 saturated heterocycles. The van der Waals surface area contributed by atoms with Crippen LogP contribution in [0.15, 0.2) is 261 Å². The molecule has 0 saturated carbocycles. The zero-order valence-electron chi connectivity index (χ0n) is 45.1. The van der Waals surface area contributed by atoms with Gasteiger partial charge in [0.2, 0.25) is 0 Å². The summed E-state index contributed by atoms with van der Waals surface area (Å²) in [4.78, 5) is 9.13. The number of hydrogen-bond donors (Lipinski definition) is 2. The van der Waals surface area contributed by atoms with Crippen LogP contribution in [-0.2, 0) is 10.8 Å². The molecule has 14 aromatic rings. The van der Waals surface area contributed by atoms with E-state index >= 15 is 0 Å². The summed E-state index contributed by atoms with van der Waals surface area (Å²) in [7, 11) is 0. The van der Waals surface area contributed by atoms with E-state index in [4.69, 9.17) is 9.72 Å². The van der Waals surface area contributed by atoms with Crippen molar-refractivity contribution in [2.75, 3.05) is 5.32 Å². The second-order valence-corrected chi connectivity index (χ2v) is 22.8. The summed E-state index contributed by atoms with van der Waals surface area (Å²) < 4.78 is 9.09. The van der Waals surface area contributed by atoms with Crippen molar-refractivity contribution in [2.24, 2.45) is 0 Å². The van der Waals surface area contributed by atoms with Crippen LogP contribution in [0.5, 0.6) is 11.5 Å². The lowest BCUT2D eigenvalue weighted by atomic mass is 9.70. The summed E-state index contributed by atoms with van der Waals surface area (Å²) in [5.74, 6) is 2.34. The van der Waals surface area contributed by atoms with Gasteiger partial charge in [0.25, 0.3) is 0 Å². The lowest BCUT2D eigenvalue weighted by Gasteiger charge is -2.30. The fraction of sp³-hybridized carbons (Fsp3) is 0.0658. The zero-order chi connectivity index (χ0) is 54.0. The van der Waals surface area contributed by atoms with Crippen molar-refractivity contribution in [3.63, 3.8) is 0 Å². The standard InChI is InChI=1S/C76H54N4O/c1-75(2,3)48-41-42-77-72(44-48)80-70-36-15-11-28-61(70)62-40-38-51(46-71(62)80)81-50-20-16-19-49(45-50)78-69-35-18-31-64-56-24-7-5-22-54(56)53-21-4-6-23-55(53)63-30-17-29-52(73(63)79-74(64)69)47-37-39-60-59-27-10-14-34-67(59)76(68(60)43-47)65-32-12-8-25-57(65)58-26-9-13-33-66(58)76/h4-46,78-79H,1-3H3. The van der Waals surface area contributed by atoms with E-state index in [2.05, 4.69) is 284 Å². The van der Waals surface area contributed by atoms with Crippen molar-refractivity contribution < 1.29 is 4.74 Å². The van der Waals surface area contributed by atoms with Crippen LogP contribution in [0.3, 0.4) is 0 Å². The van der Waals surface area contributed by atoms with Gasteiger partial charge in [0, 0.05) is 51.1 Å². The number of H-pyrrole nitrogens is 1. The molecule has 2 N–H and O–H groups in total. The predicted molar refractivity (Wildman–Crippen MR) is 337 cm³/mol. The highest BCUT2D eigenvalue weighted by Gasteiger charge is 2.51. The molecule has 0 aliphatic heterocycles. The molecule has 5 nitrogen and oxygen atoms in total. The van der Waals surface area contributed by atoms with Crippen LogP contribution in [0.1, 0.15) is 48.6 Å². The molecule has 5 heteroatoms.